The lowest BCUT2D eigenvalue weighted by molar-refractivity contribution is 0.347. The van der Waals surface area contributed by atoms with Gasteiger partial charge in [-0.05, 0) is 37.6 Å². The van der Waals surface area contributed by atoms with E-state index in [1.54, 1.807) is 4.68 Å². The van der Waals surface area contributed by atoms with Crippen LogP contribution >= 0.6 is 11.6 Å². The van der Waals surface area contributed by atoms with E-state index in [4.69, 9.17) is 11.6 Å². The van der Waals surface area contributed by atoms with E-state index in [2.05, 4.69) is 32.0 Å². The molecule has 0 amide bonds. The lowest BCUT2D eigenvalue weighted by Crippen LogP contribution is -2.41. The van der Waals surface area contributed by atoms with Crippen LogP contribution in [0.5, 0.6) is 0 Å². The molecule has 1 aliphatic carbocycles. The van der Waals surface area contributed by atoms with Crippen molar-refractivity contribution in [2.45, 2.75) is 31.2 Å². The molecule has 1 aromatic carbocycles. The first kappa shape index (κ1) is 14.7. The fourth-order valence-electron chi connectivity index (χ4n) is 3.60. The molecule has 0 radical (unpaired) electrons. The number of nitrogens with one attached hydrogen (secondary N) is 2. The number of anilines is 1. The van der Waals surface area contributed by atoms with E-state index >= 15 is 0 Å². The molecule has 2 aliphatic rings. The van der Waals surface area contributed by atoms with Gasteiger partial charge in [-0.15, -0.1) is 5.10 Å². The van der Waals surface area contributed by atoms with E-state index in [1.165, 1.54) is 12.0 Å². The first-order valence-electron chi connectivity index (χ1n) is 7.82. The summed E-state index contributed by atoms with van der Waals surface area (Å²) in [5.41, 5.74) is 4.10. The van der Waals surface area contributed by atoms with Crippen molar-refractivity contribution < 1.29 is 0 Å². The molecule has 1 spiro atoms. The number of hydrogen-bond acceptors (Lipinski definition) is 4. The zero-order chi connectivity index (χ0) is 16.0. The summed E-state index contributed by atoms with van der Waals surface area (Å²) >= 11 is 6.56. The Morgan fingerprint density at radius 1 is 1.43 bits per heavy atom. The number of halogens is 1. The highest BCUT2D eigenvalue weighted by molar-refractivity contribution is 6.33. The second-order valence-electron chi connectivity index (χ2n) is 6.17. The third-order valence-electron chi connectivity index (χ3n) is 4.89. The maximum absolute atomic E-state index is 6.56. The predicted octanol–water partition coefficient (Wildman–Crippen LogP) is 2.52. The average molecular weight is 331 g/mol. The van der Waals surface area contributed by atoms with Gasteiger partial charge in [-0.25, -0.2) is 4.68 Å². The minimum atomic E-state index is 0.0475. The van der Waals surface area contributed by atoms with E-state index in [9.17, 15) is 0 Å². The molecular formula is C16H19ClN6. The van der Waals surface area contributed by atoms with Crippen LogP contribution in [-0.2, 0) is 12.0 Å². The third kappa shape index (κ3) is 2.09. The van der Waals surface area contributed by atoms with E-state index in [0.29, 0.717) is 11.6 Å². The molecular weight excluding hydrogens is 312 g/mol. The number of amidine groups is 1. The first-order valence-corrected chi connectivity index (χ1v) is 8.20. The summed E-state index contributed by atoms with van der Waals surface area (Å²) in [6.07, 6.45) is 5.39. The molecule has 0 bridgehead atoms. The molecule has 1 fully saturated rings. The molecule has 1 saturated carbocycles. The van der Waals surface area contributed by atoms with E-state index in [-0.39, 0.29) is 5.41 Å². The molecule has 120 valence electrons. The van der Waals surface area contributed by atoms with Crippen LogP contribution < -0.4 is 10.6 Å². The predicted molar refractivity (Wildman–Crippen MR) is 91.6 cm³/mol. The number of hydrogen-bond donors (Lipinski definition) is 2. The maximum atomic E-state index is 6.56. The van der Waals surface area contributed by atoms with Gasteiger partial charge in [0.2, 0.25) is 0 Å². The number of nitrogens with zero attached hydrogens (tertiary/aromatic N) is 4. The normalized spacial score (nSPS) is 19.7. The Kier molecular flexibility index (Phi) is 3.39. The van der Waals surface area contributed by atoms with Gasteiger partial charge in [-0.1, -0.05) is 23.2 Å². The molecule has 4 rings (SSSR count). The summed E-state index contributed by atoms with van der Waals surface area (Å²) in [7, 11) is 3.73. The molecule has 23 heavy (non-hydrogen) atoms. The van der Waals surface area contributed by atoms with Gasteiger partial charge in [0.05, 0.1) is 28.0 Å². The summed E-state index contributed by atoms with van der Waals surface area (Å²) in [5.74, 6) is 1.06. The minimum absolute atomic E-state index is 0.0475. The zero-order valence-corrected chi connectivity index (χ0v) is 14.0. The minimum Gasteiger partial charge on any atom is -0.343 e. The molecule has 6 nitrogen and oxygen atoms in total. The van der Waals surface area contributed by atoms with Crippen molar-refractivity contribution in [1.82, 2.24) is 20.3 Å². The van der Waals surface area contributed by atoms with E-state index in [0.717, 1.165) is 35.7 Å². The van der Waals surface area contributed by atoms with Gasteiger partial charge < -0.3 is 10.6 Å². The highest BCUT2D eigenvalue weighted by Crippen LogP contribution is 2.52. The molecule has 1 aromatic heterocycles. The van der Waals surface area contributed by atoms with Crippen LogP contribution in [0.15, 0.2) is 23.3 Å². The molecule has 1 aliphatic heterocycles. The van der Waals surface area contributed by atoms with Crippen molar-refractivity contribution in [2.24, 2.45) is 4.99 Å². The maximum Gasteiger partial charge on any atom is 0.111 e. The van der Waals surface area contributed by atoms with Crippen LogP contribution in [0.1, 0.15) is 30.5 Å². The molecule has 2 N–H and O–H groups in total. The molecule has 0 atom stereocenters. The highest BCUT2D eigenvalue weighted by Gasteiger charge is 2.49. The van der Waals surface area contributed by atoms with Gasteiger partial charge in [-0.3, -0.25) is 4.99 Å². The van der Waals surface area contributed by atoms with Crippen LogP contribution in [0, 0.1) is 0 Å². The van der Waals surface area contributed by atoms with Gasteiger partial charge in [-0.2, -0.15) is 0 Å². The number of rotatable bonds is 3. The fraction of sp³-hybridized carbons (Fsp3) is 0.438. The smallest absolute Gasteiger partial charge is 0.111 e. The Bertz CT molecular complexity index is 790. The van der Waals surface area contributed by atoms with Crippen LogP contribution in [0.25, 0.3) is 5.69 Å². The van der Waals surface area contributed by atoms with E-state index < -0.39 is 0 Å². The highest BCUT2D eigenvalue weighted by atomic mass is 35.5. The topological polar surface area (TPSA) is 67.1 Å². The van der Waals surface area contributed by atoms with Crippen molar-refractivity contribution >= 4 is 23.1 Å². The van der Waals surface area contributed by atoms with Gasteiger partial charge >= 0.3 is 0 Å². The standard InChI is InChI=1S/C16H19ClN6/c1-18-8-10-9-23(22-21-10)14-7-13-11(6-12(14)17)16(4-3-5-16)15(19-2)20-13/h6-7,9,18H,3-5,8H2,1-2H3,(H,19,20). The Labute approximate surface area is 139 Å². The van der Waals surface area contributed by atoms with Crippen LogP contribution in [0.3, 0.4) is 0 Å². The SMILES string of the molecule is CN=C1Nc2cc(-n3cc(CNC)nn3)c(Cl)cc2C12CCC2. The van der Waals surface area contributed by atoms with E-state index in [1.807, 2.05) is 26.4 Å². The largest absolute Gasteiger partial charge is 0.343 e. The Balaban J connectivity index is 1.78. The van der Waals surface area contributed by atoms with Crippen molar-refractivity contribution in [3.8, 4) is 5.69 Å². The fourth-order valence-corrected chi connectivity index (χ4v) is 3.85. The van der Waals surface area contributed by atoms with Crippen molar-refractivity contribution in [2.75, 3.05) is 19.4 Å². The number of benzene rings is 1. The van der Waals surface area contributed by atoms with Crippen LogP contribution in [-0.4, -0.2) is 34.9 Å². The Morgan fingerprint density at radius 3 is 2.91 bits per heavy atom. The zero-order valence-electron chi connectivity index (χ0n) is 13.2. The summed E-state index contributed by atoms with van der Waals surface area (Å²) < 4.78 is 1.73. The lowest BCUT2D eigenvalue weighted by atomic mass is 9.65. The third-order valence-corrected chi connectivity index (χ3v) is 5.19. The second kappa shape index (κ2) is 5.32. The monoisotopic (exact) mass is 330 g/mol. The molecule has 7 heteroatoms. The summed E-state index contributed by atoms with van der Waals surface area (Å²) in [4.78, 5) is 4.46. The van der Waals surface area contributed by atoms with Crippen molar-refractivity contribution in [1.29, 1.82) is 0 Å². The number of fused-ring (bicyclic) bond motifs is 2. The molecule has 2 aromatic rings. The van der Waals surface area contributed by atoms with Gasteiger partial charge in [0.1, 0.15) is 5.84 Å². The summed E-state index contributed by atoms with van der Waals surface area (Å²) in [6.45, 7) is 0.677. The quantitative estimate of drug-likeness (QED) is 0.907. The summed E-state index contributed by atoms with van der Waals surface area (Å²) in [5, 5.41) is 15.6. The first-order chi connectivity index (χ1) is 11.2. The van der Waals surface area contributed by atoms with Crippen molar-refractivity contribution in [3.05, 3.63) is 34.6 Å². The lowest BCUT2D eigenvalue weighted by Gasteiger charge is -2.38. The van der Waals surface area contributed by atoms with Crippen LogP contribution in [0.2, 0.25) is 5.02 Å². The molecule has 0 saturated heterocycles. The summed E-state index contributed by atoms with van der Waals surface area (Å²) in [6, 6.07) is 4.11. The van der Waals surface area contributed by atoms with Crippen LogP contribution in [0.4, 0.5) is 5.69 Å². The molecule has 0 unspecified atom stereocenters. The van der Waals surface area contributed by atoms with Crippen molar-refractivity contribution in [3.63, 3.8) is 0 Å². The average Bonchev–Trinajstić information content (AvgIpc) is 3.07. The molecule has 2 heterocycles. The van der Waals surface area contributed by atoms with Gasteiger partial charge in [0, 0.05) is 19.3 Å². The number of aromatic nitrogens is 3. The second-order valence-corrected chi connectivity index (χ2v) is 6.57. The Morgan fingerprint density at radius 2 is 2.26 bits per heavy atom. The number of aliphatic imine (C=N–C) groups is 1. The van der Waals surface area contributed by atoms with Gasteiger partial charge in [0.25, 0.3) is 0 Å². The van der Waals surface area contributed by atoms with Gasteiger partial charge in [0.15, 0.2) is 0 Å². The Hall–Kier alpha value is -1.92.